The number of rotatable bonds is 11. The van der Waals surface area contributed by atoms with Gasteiger partial charge in [0.05, 0.1) is 11.6 Å². The number of H-pyrrole nitrogens is 1. The van der Waals surface area contributed by atoms with E-state index in [1.807, 2.05) is 17.7 Å². The summed E-state index contributed by atoms with van der Waals surface area (Å²) in [6.07, 6.45) is 2.54. The molecule has 1 atom stereocenters. The highest BCUT2D eigenvalue weighted by Crippen LogP contribution is 2.26. The molecule has 0 aliphatic rings. The second-order valence-corrected chi connectivity index (χ2v) is 10.8. The van der Waals surface area contributed by atoms with Crippen molar-refractivity contribution in [2.24, 2.45) is 0 Å². The van der Waals surface area contributed by atoms with Crippen LogP contribution in [0.5, 0.6) is 0 Å². The third-order valence-corrected chi connectivity index (χ3v) is 7.65. The Morgan fingerprint density at radius 2 is 1.70 bits per heavy atom. The standard InChI is InChI=1S/C33H38N6O/c1-5-30(32-35-36-37-39(32)17-15-26-11-7-6-8-12-26)38(16-14-27-13-9-10-23(2)19-27)22-29-21-28-20-24(3)18-25(4)31(28)34-33(29)40/h6-13,18-21,30H,5,14-17,22H2,1-4H3,(H,34,40). The number of aromatic amines is 1. The fraction of sp³-hybridized carbons (Fsp3) is 0.333. The summed E-state index contributed by atoms with van der Waals surface area (Å²) < 4.78 is 1.93. The number of fused-ring (bicyclic) bond motifs is 1. The quantitative estimate of drug-likeness (QED) is 0.229. The molecule has 2 aromatic heterocycles. The molecule has 0 bridgehead atoms. The molecule has 0 aliphatic carbocycles. The van der Waals surface area contributed by atoms with Crippen LogP contribution < -0.4 is 5.56 Å². The molecule has 0 saturated heterocycles. The Hall–Kier alpha value is -4.10. The van der Waals surface area contributed by atoms with Gasteiger partial charge in [0.15, 0.2) is 5.82 Å². The molecule has 0 amide bonds. The van der Waals surface area contributed by atoms with Crippen LogP contribution in [0.25, 0.3) is 10.9 Å². The minimum absolute atomic E-state index is 0.0371. The monoisotopic (exact) mass is 534 g/mol. The van der Waals surface area contributed by atoms with Crippen LogP contribution in [0.4, 0.5) is 0 Å². The van der Waals surface area contributed by atoms with Crippen molar-refractivity contribution in [2.75, 3.05) is 6.54 Å². The number of aryl methyl sites for hydroxylation is 5. The molecule has 0 radical (unpaired) electrons. The van der Waals surface area contributed by atoms with Crippen molar-refractivity contribution in [1.82, 2.24) is 30.1 Å². The van der Waals surface area contributed by atoms with Gasteiger partial charge in [-0.25, -0.2) is 4.68 Å². The molecule has 0 spiro atoms. The Kier molecular flexibility index (Phi) is 8.51. The van der Waals surface area contributed by atoms with Crippen molar-refractivity contribution < 1.29 is 0 Å². The first kappa shape index (κ1) is 27.5. The molecule has 5 aromatic rings. The number of hydrogen-bond donors (Lipinski definition) is 1. The number of nitrogens with zero attached hydrogens (tertiary/aromatic N) is 5. The van der Waals surface area contributed by atoms with Gasteiger partial charge in [0, 0.05) is 25.2 Å². The van der Waals surface area contributed by atoms with Gasteiger partial charge in [-0.15, -0.1) is 5.10 Å². The number of nitrogens with one attached hydrogen (secondary N) is 1. The minimum Gasteiger partial charge on any atom is -0.321 e. The summed E-state index contributed by atoms with van der Waals surface area (Å²) in [5, 5.41) is 14.0. The van der Waals surface area contributed by atoms with Gasteiger partial charge in [0.1, 0.15) is 0 Å². The van der Waals surface area contributed by atoms with Crippen LogP contribution in [-0.4, -0.2) is 36.6 Å². The minimum atomic E-state index is -0.0430. The number of tetrazole rings is 1. The molecule has 3 aromatic carbocycles. The van der Waals surface area contributed by atoms with Gasteiger partial charge in [-0.2, -0.15) is 0 Å². The van der Waals surface area contributed by atoms with Gasteiger partial charge in [0.25, 0.3) is 5.56 Å². The van der Waals surface area contributed by atoms with E-state index in [2.05, 4.69) is 113 Å². The molecule has 2 heterocycles. The normalized spacial score (nSPS) is 12.3. The summed E-state index contributed by atoms with van der Waals surface area (Å²) in [4.78, 5) is 18.8. The van der Waals surface area contributed by atoms with Crippen LogP contribution in [0.2, 0.25) is 0 Å². The smallest absolute Gasteiger partial charge is 0.252 e. The van der Waals surface area contributed by atoms with E-state index in [9.17, 15) is 4.79 Å². The SMILES string of the molecule is CCC(c1nnnn1CCc1ccccc1)N(CCc1cccc(C)c1)Cc1cc2cc(C)cc(C)c2[nH]c1=O. The highest BCUT2D eigenvalue weighted by atomic mass is 16.1. The first-order valence-corrected chi connectivity index (χ1v) is 14.1. The van der Waals surface area contributed by atoms with Gasteiger partial charge in [-0.3, -0.25) is 9.69 Å². The van der Waals surface area contributed by atoms with Gasteiger partial charge in [0.2, 0.25) is 0 Å². The molecule has 1 N–H and O–H groups in total. The van der Waals surface area contributed by atoms with Crippen molar-refractivity contribution in [1.29, 1.82) is 0 Å². The van der Waals surface area contributed by atoms with Crippen molar-refractivity contribution >= 4 is 10.9 Å². The lowest BCUT2D eigenvalue weighted by atomic mass is 10.0. The van der Waals surface area contributed by atoms with E-state index >= 15 is 0 Å². The number of benzene rings is 3. The second kappa shape index (κ2) is 12.4. The first-order valence-electron chi connectivity index (χ1n) is 14.1. The Morgan fingerprint density at radius 3 is 2.48 bits per heavy atom. The maximum absolute atomic E-state index is 13.3. The zero-order chi connectivity index (χ0) is 28.1. The molecule has 40 heavy (non-hydrogen) atoms. The van der Waals surface area contributed by atoms with Crippen molar-refractivity contribution in [2.45, 2.75) is 66.1 Å². The summed E-state index contributed by atoms with van der Waals surface area (Å²) in [6.45, 7) is 10.4. The third kappa shape index (κ3) is 6.37. The van der Waals surface area contributed by atoms with Crippen LogP contribution in [0.15, 0.2) is 77.6 Å². The Bertz CT molecular complexity index is 1640. The highest BCUT2D eigenvalue weighted by Gasteiger charge is 2.26. The average molecular weight is 535 g/mol. The summed E-state index contributed by atoms with van der Waals surface area (Å²) in [5.74, 6) is 0.839. The number of hydrogen-bond acceptors (Lipinski definition) is 5. The van der Waals surface area contributed by atoms with Crippen LogP contribution in [0.1, 0.15) is 58.6 Å². The van der Waals surface area contributed by atoms with Crippen LogP contribution >= 0.6 is 0 Å². The fourth-order valence-corrected chi connectivity index (χ4v) is 5.65. The fourth-order valence-electron chi connectivity index (χ4n) is 5.65. The van der Waals surface area contributed by atoms with E-state index in [0.29, 0.717) is 13.1 Å². The van der Waals surface area contributed by atoms with Crippen molar-refractivity contribution in [3.8, 4) is 0 Å². The lowest BCUT2D eigenvalue weighted by Crippen LogP contribution is -2.34. The van der Waals surface area contributed by atoms with Gasteiger partial charge in [-0.1, -0.05) is 78.7 Å². The maximum atomic E-state index is 13.3. The van der Waals surface area contributed by atoms with Crippen molar-refractivity contribution in [3.05, 3.63) is 122 Å². The topological polar surface area (TPSA) is 79.7 Å². The van der Waals surface area contributed by atoms with E-state index in [1.165, 1.54) is 22.3 Å². The molecule has 206 valence electrons. The molecule has 7 nitrogen and oxygen atoms in total. The zero-order valence-corrected chi connectivity index (χ0v) is 23.9. The number of aromatic nitrogens is 5. The zero-order valence-electron chi connectivity index (χ0n) is 23.9. The van der Waals surface area contributed by atoms with Gasteiger partial charge >= 0.3 is 0 Å². The summed E-state index contributed by atoms with van der Waals surface area (Å²) in [6, 6.07) is 25.3. The van der Waals surface area contributed by atoms with E-state index in [-0.39, 0.29) is 11.6 Å². The lowest BCUT2D eigenvalue weighted by molar-refractivity contribution is 0.171. The third-order valence-electron chi connectivity index (χ3n) is 7.65. The van der Waals surface area contributed by atoms with Crippen molar-refractivity contribution in [3.63, 3.8) is 0 Å². The van der Waals surface area contributed by atoms with E-state index in [0.717, 1.165) is 53.7 Å². The predicted octanol–water partition coefficient (Wildman–Crippen LogP) is 5.88. The molecule has 0 saturated carbocycles. The van der Waals surface area contributed by atoms with Gasteiger partial charge < -0.3 is 4.98 Å². The second-order valence-electron chi connectivity index (χ2n) is 10.8. The molecule has 0 fully saturated rings. The van der Waals surface area contributed by atoms with Gasteiger partial charge in [-0.05, 0) is 84.7 Å². The van der Waals surface area contributed by atoms with E-state index < -0.39 is 0 Å². The van der Waals surface area contributed by atoms with Crippen LogP contribution in [-0.2, 0) is 25.9 Å². The molecular weight excluding hydrogens is 496 g/mol. The number of pyridine rings is 1. The van der Waals surface area contributed by atoms with E-state index in [1.54, 1.807) is 0 Å². The molecule has 1 unspecified atom stereocenters. The van der Waals surface area contributed by atoms with Crippen LogP contribution in [0, 0.1) is 20.8 Å². The Morgan fingerprint density at radius 1 is 0.900 bits per heavy atom. The summed E-state index contributed by atoms with van der Waals surface area (Å²) >= 11 is 0. The summed E-state index contributed by atoms with van der Waals surface area (Å²) in [5.41, 5.74) is 7.66. The highest BCUT2D eigenvalue weighted by molar-refractivity contribution is 5.82. The Labute approximate surface area is 235 Å². The van der Waals surface area contributed by atoms with E-state index in [4.69, 9.17) is 0 Å². The molecular formula is C33H38N6O. The maximum Gasteiger partial charge on any atom is 0.252 e. The van der Waals surface area contributed by atoms with Crippen LogP contribution in [0.3, 0.4) is 0 Å². The Balaban J connectivity index is 1.47. The molecule has 5 rings (SSSR count). The predicted molar refractivity (Wildman–Crippen MR) is 160 cm³/mol. The molecule has 0 aliphatic heterocycles. The summed E-state index contributed by atoms with van der Waals surface area (Å²) in [7, 11) is 0. The lowest BCUT2D eigenvalue weighted by Gasteiger charge is -2.30. The first-order chi connectivity index (χ1) is 19.4. The average Bonchev–Trinajstić information content (AvgIpc) is 3.40. The molecule has 7 heteroatoms. The largest absolute Gasteiger partial charge is 0.321 e.